The predicted octanol–water partition coefficient (Wildman–Crippen LogP) is 3.02. The molecule has 110 valence electrons. The molecule has 1 N–H and O–H groups in total. The van der Waals surface area contributed by atoms with Gasteiger partial charge in [-0.25, -0.2) is 0 Å². The Morgan fingerprint density at radius 1 is 1.14 bits per heavy atom. The molecular weight excluding hydrogens is 302 g/mol. The Morgan fingerprint density at radius 2 is 1.86 bits per heavy atom. The van der Waals surface area contributed by atoms with E-state index >= 15 is 0 Å². The number of fused-ring (bicyclic) bond motifs is 1. The van der Waals surface area contributed by atoms with Gasteiger partial charge in [0.25, 0.3) is 11.2 Å². The van der Waals surface area contributed by atoms with Gasteiger partial charge in [-0.3, -0.25) is 19.5 Å². The van der Waals surface area contributed by atoms with Gasteiger partial charge >= 0.3 is 0 Å². The molecule has 0 atom stereocenters. The number of rotatable bonds is 3. The van der Waals surface area contributed by atoms with Crippen LogP contribution in [0.1, 0.15) is 5.56 Å². The van der Waals surface area contributed by atoms with Crippen LogP contribution in [-0.2, 0) is 6.54 Å². The maximum Gasteiger partial charge on any atom is 0.293 e. The van der Waals surface area contributed by atoms with Gasteiger partial charge in [0.2, 0.25) is 0 Å². The summed E-state index contributed by atoms with van der Waals surface area (Å²) in [5.74, 6) is 0. The normalized spacial score (nSPS) is 10.7. The minimum absolute atomic E-state index is 0.159. The van der Waals surface area contributed by atoms with Crippen molar-refractivity contribution in [1.82, 2.24) is 9.55 Å². The molecule has 0 unspecified atom stereocenters. The van der Waals surface area contributed by atoms with Crippen LogP contribution >= 0.6 is 12.2 Å². The Kier molecular flexibility index (Phi) is 3.56. The molecule has 0 aliphatic heterocycles. The highest BCUT2D eigenvalue weighted by Crippen LogP contribution is 2.20. The largest absolute Gasteiger partial charge is 0.326 e. The molecule has 0 aliphatic carbocycles. The summed E-state index contributed by atoms with van der Waals surface area (Å²) in [5.41, 5.74) is 0.583. The Labute approximate surface area is 129 Å². The standard InChI is InChI=1S/C15H11N3O3S/c19-14-11-7-4-8-12(18(20)21)13(11)16-15(22)17(14)9-10-5-2-1-3-6-10/h1-8H,9H2,(H,16,22). The van der Waals surface area contributed by atoms with E-state index in [1.165, 1.54) is 16.7 Å². The third-order valence-electron chi connectivity index (χ3n) is 3.38. The van der Waals surface area contributed by atoms with Crippen LogP contribution in [0.3, 0.4) is 0 Å². The molecule has 0 radical (unpaired) electrons. The van der Waals surface area contributed by atoms with Crippen molar-refractivity contribution in [3.63, 3.8) is 0 Å². The van der Waals surface area contributed by atoms with Gasteiger partial charge in [0, 0.05) is 6.07 Å². The zero-order valence-corrected chi connectivity index (χ0v) is 12.2. The lowest BCUT2D eigenvalue weighted by Crippen LogP contribution is -2.23. The van der Waals surface area contributed by atoms with Crippen molar-refractivity contribution in [2.45, 2.75) is 6.54 Å². The molecule has 0 aliphatic rings. The molecule has 2 aromatic carbocycles. The van der Waals surface area contributed by atoms with Gasteiger partial charge in [-0.15, -0.1) is 0 Å². The monoisotopic (exact) mass is 313 g/mol. The number of hydrogen-bond acceptors (Lipinski definition) is 4. The second-order valence-electron chi connectivity index (χ2n) is 4.76. The van der Waals surface area contributed by atoms with E-state index in [0.29, 0.717) is 6.54 Å². The third kappa shape index (κ3) is 2.42. The lowest BCUT2D eigenvalue weighted by Gasteiger charge is -2.08. The number of aromatic nitrogens is 2. The highest BCUT2D eigenvalue weighted by Gasteiger charge is 2.15. The first-order valence-electron chi connectivity index (χ1n) is 6.52. The first-order valence-corrected chi connectivity index (χ1v) is 6.93. The summed E-state index contributed by atoms with van der Waals surface area (Å²) in [6.45, 7) is 0.313. The number of benzene rings is 2. The number of hydrogen-bond donors (Lipinski definition) is 1. The topological polar surface area (TPSA) is 80.9 Å². The van der Waals surface area contributed by atoms with E-state index in [4.69, 9.17) is 12.2 Å². The first-order chi connectivity index (χ1) is 10.6. The molecule has 1 aromatic heterocycles. The van der Waals surface area contributed by atoms with Crippen molar-refractivity contribution in [1.29, 1.82) is 0 Å². The summed E-state index contributed by atoms with van der Waals surface area (Å²) in [4.78, 5) is 25.9. The second kappa shape index (κ2) is 5.53. The number of nitrogens with one attached hydrogen (secondary N) is 1. The molecule has 0 saturated heterocycles. The third-order valence-corrected chi connectivity index (χ3v) is 3.70. The summed E-state index contributed by atoms with van der Waals surface area (Å²) in [6.07, 6.45) is 0. The fraction of sp³-hybridized carbons (Fsp3) is 0.0667. The van der Waals surface area contributed by atoms with E-state index < -0.39 is 4.92 Å². The number of aromatic amines is 1. The Hall–Kier alpha value is -2.80. The molecule has 0 saturated carbocycles. The van der Waals surface area contributed by atoms with Crippen molar-refractivity contribution < 1.29 is 4.92 Å². The van der Waals surface area contributed by atoms with Crippen LogP contribution in [0.25, 0.3) is 10.9 Å². The molecule has 1 heterocycles. The molecule has 22 heavy (non-hydrogen) atoms. The van der Waals surface area contributed by atoms with Gasteiger partial charge in [-0.05, 0) is 23.8 Å². The number of nitro groups is 1. The van der Waals surface area contributed by atoms with E-state index in [-0.39, 0.29) is 26.9 Å². The summed E-state index contributed by atoms with van der Waals surface area (Å²) >= 11 is 5.20. The summed E-state index contributed by atoms with van der Waals surface area (Å²) in [5, 5.41) is 11.3. The zero-order valence-electron chi connectivity index (χ0n) is 11.4. The van der Waals surface area contributed by atoms with Crippen LogP contribution in [0.5, 0.6) is 0 Å². The van der Waals surface area contributed by atoms with Crippen LogP contribution in [-0.4, -0.2) is 14.5 Å². The fourth-order valence-electron chi connectivity index (χ4n) is 2.32. The summed E-state index contributed by atoms with van der Waals surface area (Å²) in [6, 6.07) is 13.8. The van der Waals surface area contributed by atoms with E-state index in [9.17, 15) is 14.9 Å². The van der Waals surface area contributed by atoms with Gasteiger partial charge in [-0.1, -0.05) is 36.4 Å². The first kappa shape index (κ1) is 14.2. The maximum absolute atomic E-state index is 12.6. The smallest absolute Gasteiger partial charge is 0.293 e. The van der Waals surface area contributed by atoms with Crippen molar-refractivity contribution in [3.05, 3.63) is 79.3 Å². The van der Waals surface area contributed by atoms with Crippen LogP contribution < -0.4 is 5.56 Å². The minimum atomic E-state index is -0.533. The highest BCUT2D eigenvalue weighted by atomic mass is 32.1. The SMILES string of the molecule is O=c1c2cccc([N+](=O)[O-])c2[nH]c(=S)n1Cc1ccccc1. The predicted molar refractivity (Wildman–Crippen MR) is 85.6 cm³/mol. The minimum Gasteiger partial charge on any atom is -0.326 e. The number of nitro benzene ring substituents is 1. The number of para-hydroxylation sites is 1. The van der Waals surface area contributed by atoms with Gasteiger partial charge in [-0.2, -0.15) is 0 Å². The summed E-state index contributed by atoms with van der Waals surface area (Å²) in [7, 11) is 0. The Balaban J connectivity index is 2.24. The fourth-order valence-corrected chi connectivity index (χ4v) is 2.57. The van der Waals surface area contributed by atoms with Crippen molar-refractivity contribution in [2.75, 3.05) is 0 Å². The second-order valence-corrected chi connectivity index (χ2v) is 5.15. The molecular formula is C15H11N3O3S. The average Bonchev–Trinajstić information content (AvgIpc) is 2.52. The zero-order chi connectivity index (χ0) is 15.7. The van der Waals surface area contributed by atoms with Crippen LogP contribution in [0, 0.1) is 14.9 Å². The number of nitrogens with zero attached hydrogens (tertiary/aromatic N) is 2. The van der Waals surface area contributed by atoms with Crippen LogP contribution in [0.4, 0.5) is 5.69 Å². The molecule has 0 amide bonds. The van der Waals surface area contributed by atoms with Crippen molar-refractivity contribution >= 4 is 28.8 Å². The lowest BCUT2D eigenvalue weighted by atomic mass is 10.2. The van der Waals surface area contributed by atoms with Gasteiger partial charge in [0.15, 0.2) is 4.77 Å². The molecule has 3 rings (SSSR count). The number of H-pyrrole nitrogens is 1. The van der Waals surface area contributed by atoms with Gasteiger partial charge < -0.3 is 4.98 Å². The van der Waals surface area contributed by atoms with E-state index in [1.54, 1.807) is 6.07 Å². The summed E-state index contributed by atoms with van der Waals surface area (Å²) < 4.78 is 1.56. The van der Waals surface area contributed by atoms with Crippen LogP contribution in [0.2, 0.25) is 0 Å². The van der Waals surface area contributed by atoms with Crippen molar-refractivity contribution in [3.8, 4) is 0 Å². The quantitative estimate of drug-likeness (QED) is 0.458. The lowest BCUT2D eigenvalue weighted by molar-refractivity contribution is -0.383. The molecule has 0 bridgehead atoms. The van der Waals surface area contributed by atoms with Gasteiger partial charge in [0.1, 0.15) is 5.52 Å². The molecule has 7 heteroatoms. The Bertz CT molecular complexity index is 977. The van der Waals surface area contributed by atoms with E-state index in [1.807, 2.05) is 30.3 Å². The molecule has 6 nitrogen and oxygen atoms in total. The number of non-ortho nitro benzene ring substituents is 1. The molecule has 0 spiro atoms. The average molecular weight is 313 g/mol. The van der Waals surface area contributed by atoms with E-state index in [0.717, 1.165) is 5.56 Å². The van der Waals surface area contributed by atoms with Gasteiger partial charge in [0.05, 0.1) is 16.9 Å². The molecule has 3 aromatic rings. The molecule has 0 fully saturated rings. The Morgan fingerprint density at radius 3 is 2.55 bits per heavy atom. The van der Waals surface area contributed by atoms with E-state index in [2.05, 4.69) is 4.98 Å². The van der Waals surface area contributed by atoms with Crippen molar-refractivity contribution in [2.24, 2.45) is 0 Å². The van der Waals surface area contributed by atoms with Crippen LogP contribution in [0.15, 0.2) is 53.3 Å². The maximum atomic E-state index is 12.6. The highest BCUT2D eigenvalue weighted by molar-refractivity contribution is 7.71.